The van der Waals surface area contributed by atoms with Crippen LogP contribution >= 0.6 is 0 Å². The van der Waals surface area contributed by atoms with Crippen LogP contribution in [0.25, 0.3) is 0 Å². The molecule has 0 aliphatic carbocycles. The topological polar surface area (TPSA) is 50.5 Å². The molecule has 2 aliphatic rings. The first kappa shape index (κ1) is 9.58. The Bertz CT molecular complexity index is 714. The fourth-order valence-corrected chi connectivity index (χ4v) is 2.50. The second kappa shape index (κ2) is 3.07. The van der Waals surface area contributed by atoms with E-state index in [-0.39, 0.29) is 5.91 Å². The van der Waals surface area contributed by atoms with E-state index >= 15 is 0 Å². The lowest BCUT2D eigenvalue weighted by Gasteiger charge is -2.22. The summed E-state index contributed by atoms with van der Waals surface area (Å²) in [6.07, 6.45) is 1.66. The van der Waals surface area contributed by atoms with Crippen molar-refractivity contribution in [3.8, 4) is 0 Å². The van der Waals surface area contributed by atoms with Crippen molar-refractivity contribution in [1.29, 1.82) is 0 Å². The van der Waals surface area contributed by atoms with Crippen LogP contribution in [-0.2, 0) is 13.6 Å². The Labute approximate surface area is 103 Å². The van der Waals surface area contributed by atoms with Gasteiger partial charge in [-0.3, -0.25) is 9.69 Å². The lowest BCUT2D eigenvalue weighted by molar-refractivity contribution is 0.0843. The van der Waals surface area contributed by atoms with Crippen molar-refractivity contribution in [3.63, 3.8) is 0 Å². The summed E-state index contributed by atoms with van der Waals surface area (Å²) >= 11 is 0. The van der Waals surface area contributed by atoms with Crippen molar-refractivity contribution in [2.75, 3.05) is 0 Å². The van der Waals surface area contributed by atoms with Crippen LogP contribution in [0.1, 0.15) is 21.7 Å². The molecule has 2 aliphatic heterocycles. The minimum Gasteiger partial charge on any atom is -0.329 e. The van der Waals surface area contributed by atoms with Crippen LogP contribution in [-0.4, -0.2) is 26.2 Å². The summed E-state index contributed by atoms with van der Waals surface area (Å²) < 4.78 is 1.75. The molecule has 1 aromatic heterocycles. The highest BCUT2D eigenvalue weighted by molar-refractivity contribution is 6.22. The van der Waals surface area contributed by atoms with E-state index in [2.05, 4.69) is 9.98 Å². The molecule has 1 aromatic carbocycles. The molecule has 0 saturated carbocycles. The van der Waals surface area contributed by atoms with E-state index in [1.54, 1.807) is 15.8 Å². The monoisotopic (exact) mass is 238 g/mol. The number of para-hydroxylation sites is 1. The van der Waals surface area contributed by atoms with Gasteiger partial charge < -0.3 is 4.57 Å². The maximum atomic E-state index is 12.3. The molecule has 5 heteroatoms. The summed E-state index contributed by atoms with van der Waals surface area (Å²) in [5, 5.41) is 0. The first-order chi connectivity index (χ1) is 8.75. The Kier molecular flexibility index (Phi) is 1.63. The molecule has 0 N–H and O–H groups in total. The zero-order valence-electron chi connectivity index (χ0n) is 9.79. The standard InChI is InChI=1S/C13H10N4O/c1-16-7-14-10-11(16)13(18)17-6-8-4-2-3-5-9(8)15-12(10)17/h2-5,7H,6H2,1H3. The van der Waals surface area contributed by atoms with Crippen LogP contribution in [0.4, 0.5) is 5.69 Å². The molecular weight excluding hydrogens is 228 g/mol. The summed E-state index contributed by atoms with van der Waals surface area (Å²) in [6.45, 7) is 0.574. The highest BCUT2D eigenvalue weighted by atomic mass is 16.2. The molecule has 0 unspecified atom stereocenters. The van der Waals surface area contributed by atoms with Crippen LogP contribution in [0.2, 0.25) is 0 Å². The molecule has 4 rings (SSSR count). The number of amides is 1. The number of fused-ring (bicyclic) bond motifs is 4. The minimum absolute atomic E-state index is 0.0155. The Morgan fingerprint density at radius 1 is 1.28 bits per heavy atom. The number of amidine groups is 1. The summed E-state index contributed by atoms with van der Waals surface area (Å²) in [5.41, 5.74) is 3.32. The maximum Gasteiger partial charge on any atom is 0.278 e. The molecule has 0 saturated heterocycles. The van der Waals surface area contributed by atoms with Crippen LogP contribution in [0.5, 0.6) is 0 Å². The molecule has 0 atom stereocenters. The van der Waals surface area contributed by atoms with Gasteiger partial charge in [0.1, 0.15) is 11.4 Å². The number of rotatable bonds is 0. The van der Waals surface area contributed by atoms with Crippen molar-refractivity contribution < 1.29 is 4.79 Å². The number of carbonyl (C=O) groups excluding carboxylic acids is 1. The van der Waals surface area contributed by atoms with Crippen LogP contribution < -0.4 is 0 Å². The van der Waals surface area contributed by atoms with Crippen molar-refractivity contribution in [2.45, 2.75) is 6.54 Å². The number of carbonyl (C=O) groups is 1. The van der Waals surface area contributed by atoms with Gasteiger partial charge in [0.05, 0.1) is 18.6 Å². The number of hydrogen-bond acceptors (Lipinski definition) is 3. The molecule has 2 aromatic rings. The Morgan fingerprint density at radius 3 is 3.00 bits per heavy atom. The Morgan fingerprint density at radius 2 is 2.11 bits per heavy atom. The molecular formula is C13H10N4O. The predicted molar refractivity (Wildman–Crippen MR) is 65.7 cm³/mol. The number of imidazole rings is 1. The van der Waals surface area contributed by atoms with Crippen LogP contribution in [0.3, 0.4) is 0 Å². The number of hydrogen-bond donors (Lipinski definition) is 0. The Hall–Kier alpha value is -2.43. The molecule has 0 radical (unpaired) electrons. The third kappa shape index (κ3) is 1.03. The minimum atomic E-state index is -0.0155. The number of aryl methyl sites for hydroxylation is 1. The average molecular weight is 238 g/mol. The number of aromatic nitrogens is 2. The van der Waals surface area contributed by atoms with E-state index in [0.29, 0.717) is 23.8 Å². The second-order valence-electron chi connectivity index (χ2n) is 4.51. The van der Waals surface area contributed by atoms with Crippen LogP contribution in [0, 0.1) is 0 Å². The van der Waals surface area contributed by atoms with E-state index < -0.39 is 0 Å². The summed E-state index contributed by atoms with van der Waals surface area (Å²) in [4.78, 5) is 22.8. The predicted octanol–water partition coefficient (Wildman–Crippen LogP) is 1.47. The quantitative estimate of drug-likeness (QED) is 0.697. The van der Waals surface area contributed by atoms with Gasteiger partial charge in [-0.1, -0.05) is 18.2 Å². The van der Waals surface area contributed by atoms with E-state index in [1.807, 2.05) is 31.3 Å². The molecule has 3 heterocycles. The van der Waals surface area contributed by atoms with Crippen molar-refractivity contribution in [3.05, 3.63) is 47.5 Å². The molecule has 18 heavy (non-hydrogen) atoms. The van der Waals surface area contributed by atoms with Gasteiger partial charge in [-0.2, -0.15) is 0 Å². The largest absolute Gasteiger partial charge is 0.329 e. The Balaban J connectivity index is 1.97. The van der Waals surface area contributed by atoms with E-state index in [1.165, 1.54) is 0 Å². The zero-order chi connectivity index (χ0) is 12.3. The lowest BCUT2D eigenvalue weighted by atomic mass is 10.1. The summed E-state index contributed by atoms with van der Waals surface area (Å²) in [6, 6.07) is 7.88. The number of benzene rings is 1. The van der Waals surface area contributed by atoms with Gasteiger partial charge in [-0.05, 0) is 11.6 Å². The highest BCUT2D eigenvalue weighted by Gasteiger charge is 2.39. The lowest BCUT2D eigenvalue weighted by Crippen LogP contribution is -2.32. The van der Waals surface area contributed by atoms with Gasteiger partial charge >= 0.3 is 0 Å². The molecule has 1 amide bonds. The summed E-state index contributed by atoms with van der Waals surface area (Å²) in [7, 11) is 1.83. The fraction of sp³-hybridized carbons (Fsp3) is 0.154. The van der Waals surface area contributed by atoms with Crippen LogP contribution in [0.15, 0.2) is 35.6 Å². The van der Waals surface area contributed by atoms with Crippen molar-refractivity contribution >= 4 is 17.4 Å². The fourth-order valence-electron chi connectivity index (χ4n) is 2.50. The number of aliphatic imine (C=N–C) groups is 1. The smallest absolute Gasteiger partial charge is 0.278 e. The zero-order valence-corrected chi connectivity index (χ0v) is 9.79. The van der Waals surface area contributed by atoms with Gasteiger partial charge in [0.15, 0.2) is 5.84 Å². The van der Waals surface area contributed by atoms with Gasteiger partial charge in [-0.15, -0.1) is 0 Å². The van der Waals surface area contributed by atoms with E-state index in [9.17, 15) is 4.79 Å². The second-order valence-corrected chi connectivity index (χ2v) is 4.51. The molecule has 5 nitrogen and oxygen atoms in total. The molecule has 0 fully saturated rings. The molecule has 0 bridgehead atoms. The van der Waals surface area contributed by atoms with Gasteiger partial charge in [0, 0.05) is 7.05 Å². The normalized spacial score (nSPS) is 16.2. The first-order valence-electron chi connectivity index (χ1n) is 5.76. The first-order valence-corrected chi connectivity index (χ1v) is 5.76. The van der Waals surface area contributed by atoms with E-state index in [4.69, 9.17) is 0 Å². The summed E-state index contributed by atoms with van der Waals surface area (Å²) in [5.74, 6) is 0.660. The van der Waals surface area contributed by atoms with Crippen molar-refractivity contribution in [1.82, 2.24) is 14.5 Å². The SMILES string of the molecule is Cn1cnc2c1C(=O)N1Cc3ccccc3N=C21. The molecule has 88 valence electrons. The van der Waals surface area contributed by atoms with Gasteiger partial charge in [0.2, 0.25) is 0 Å². The van der Waals surface area contributed by atoms with E-state index in [0.717, 1.165) is 11.3 Å². The molecule has 0 spiro atoms. The number of nitrogens with zero attached hydrogens (tertiary/aromatic N) is 4. The van der Waals surface area contributed by atoms with Gasteiger partial charge in [-0.25, -0.2) is 9.98 Å². The third-order valence-electron chi connectivity index (χ3n) is 3.40. The maximum absolute atomic E-state index is 12.3. The van der Waals surface area contributed by atoms with Crippen molar-refractivity contribution in [2.24, 2.45) is 12.0 Å². The highest BCUT2D eigenvalue weighted by Crippen LogP contribution is 2.32. The van der Waals surface area contributed by atoms with Gasteiger partial charge in [0.25, 0.3) is 5.91 Å². The third-order valence-corrected chi connectivity index (χ3v) is 3.40. The average Bonchev–Trinajstić information content (AvgIpc) is 2.89.